The molecule has 0 radical (unpaired) electrons. The second-order valence-corrected chi connectivity index (χ2v) is 9.41. The number of morpholine rings is 1. The molecule has 0 spiro atoms. The van der Waals surface area contributed by atoms with Crippen molar-refractivity contribution in [3.05, 3.63) is 59.6 Å². The zero-order valence-corrected chi connectivity index (χ0v) is 18.1. The number of para-hydroxylation sites is 1. The predicted molar refractivity (Wildman–Crippen MR) is 115 cm³/mol. The van der Waals surface area contributed by atoms with Gasteiger partial charge in [-0.3, -0.25) is 9.52 Å². The lowest BCUT2D eigenvalue weighted by atomic mass is 10.3. The van der Waals surface area contributed by atoms with Crippen LogP contribution in [0.3, 0.4) is 0 Å². The lowest BCUT2D eigenvalue weighted by Crippen LogP contribution is -2.41. The fourth-order valence-electron chi connectivity index (χ4n) is 2.91. The molecule has 0 unspecified atom stereocenters. The second kappa shape index (κ2) is 9.41. The van der Waals surface area contributed by atoms with Crippen molar-refractivity contribution in [2.45, 2.75) is 11.3 Å². The molecule has 0 saturated carbocycles. The zero-order chi connectivity index (χ0) is 21.7. The Morgan fingerprint density at radius 1 is 1.03 bits per heavy atom. The van der Waals surface area contributed by atoms with Gasteiger partial charge >= 0.3 is 0 Å². The van der Waals surface area contributed by atoms with Gasteiger partial charge in [-0.25, -0.2) is 8.42 Å². The third kappa shape index (κ3) is 5.57. The maximum absolute atomic E-state index is 12.6. The average Bonchev–Trinajstić information content (AvgIpc) is 3.21. The molecule has 1 amide bonds. The minimum Gasteiger partial charge on any atom is -0.457 e. The molecule has 1 N–H and O–H groups in total. The summed E-state index contributed by atoms with van der Waals surface area (Å²) in [6.45, 7) is 2.12. The summed E-state index contributed by atoms with van der Waals surface area (Å²) >= 11 is 1.04. The van der Waals surface area contributed by atoms with E-state index in [9.17, 15) is 13.2 Å². The van der Waals surface area contributed by atoms with Crippen molar-refractivity contribution in [1.82, 2.24) is 15.1 Å². The second-order valence-electron chi connectivity index (χ2n) is 6.66. The summed E-state index contributed by atoms with van der Waals surface area (Å²) in [6.07, 6.45) is 0.0743. The molecule has 1 aliphatic rings. The maximum atomic E-state index is 12.6. The van der Waals surface area contributed by atoms with Crippen LogP contribution in [0, 0.1) is 0 Å². The van der Waals surface area contributed by atoms with Crippen molar-refractivity contribution in [1.29, 1.82) is 0 Å². The van der Waals surface area contributed by atoms with Gasteiger partial charge in [0.15, 0.2) is 0 Å². The molecule has 0 aliphatic carbocycles. The first-order valence-corrected chi connectivity index (χ1v) is 11.8. The van der Waals surface area contributed by atoms with Gasteiger partial charge in [-0.05, 0) is 36.4 Å². The Bertz CT molecular complexity index is 1130. The fraction of sp³-hybridized carbons (Fsp3) is 0.250. The molecular weight excluding hydrogens is 440 g/mol. The number of nitrogens with one attached hydrogen (secondary N) is 1. The topological polar surface area (TPSA) is 111 Å². The van der Waals surface area contributed by atoms with Gasteiger partial charge in [0.05, 0.1) is 24.5 Å². The van der Waals surface area contributed by atoms with Crippen LogP contribution >= 0.6 is 11.3 Å². The summed E-state index contributed by atoms with van der Waals surface area (Å²) in [5.74, 6) is 1.09. The number of ether oxygens (including phenoxy) is 2. The van der Waals surface area contributed by atoms with Crippen molar-refractivity contribution in [3.8, 4) is 11.5 Å². The van der Waals surface area contributed by atoms with Gasteiger partial charge in [-0.2, -0.15) is 0 Å². The molecule has 162 valence electrons. The highest BCUT2D eigenvalue weighted by Crippen LogP contribution is 2.25. The number of aromatic nitrogens is 2. The van der Waals surface area contributed by atoms with Gasteiger partial charge in [0.1, 0.15) is 16.5 Å². The third-order valence-electron chi connectivity index (χ3n) is 4.47. The van der Waals surface area contributed by atoms with Crippen molar-refractivity contribution in [2.75, 3.05) is 31.0 Å². The molecule has 3 aromatic rings. The summed E-state index contributed by atoms with van der Waals surface area (Å²) in [7, 11) is -3.85. The first-order valence-electron chi connectivity index (χ1n) is 9.53. The van der Waals surface area contributed by atoms with Crippen molar-refractivity contribution in [2.24, 2.45) is 0 Å². The molecule has 1 fully saturated rings. The van der Waals surface area contributed by atoms with E-state index in [0.29, 0.717) is 42.8 Å². The Morgan fingerprint density at radius 2 is 1.71 bits per heavy atom. The molecule has 4 rings (SSSR count). The average molecular weight is 461 g/mol. The Labute approximate surface area is 183 Å². The van der Waals surface area contributed by atoms with E-state index in [2.05, 4.69) is 14.9 Å². The fourth-order valence-corrected chi connectivity index (χ4v) is 4.87. The number of benzene rings is 2. The van der Waals surface area contributed by atoms with Crippen LogP contribution in [-0.2, 0) is 26.0 Å². The normalized spacial score (nSPS) is 14.3. The highest BCUT2D eigenvalue weighted by molar-refractivity contribution is 7.93. The third-order valence-corrected chi connectivity index (χ3v) is 6.79. The van der Waals surface area contributed by atoms with Crippen LogP contribution in [0.2, 0.25) is 0 Å². The van der Waals surface area contributed by atoms with E-state index in [1.807, 2.05) is 30.3 Å². The van der Waals surface area contributed by atoms with Crippen LogP contribution in [0.25, 0.3) is 0 Å². The molecule has 0 bridgehead atoms. The summed E-state index contributed by atoms with van der Waals surface area (Å²) < 4.78 is 38.6. The molecule has 31 heavy (non-hydrogen) atoms. The lowest BCUT2D eigenvalue weighted by molar-refractivity contribution is -0.134. The number of anilines is 1. The van der Waals surface area contributed by atoms with E-state index in [0.717, 1.165) is 11.3 Å². The number of amides is 1. The molecular formula is C20H20N4O5S2. The van der Waals surface area contributed by atoms with Gasteiger partial charge in [0.25, 0.3) is 10.0 Å². The number of carbonyl (C=O) groups excluding carboxylic acids is 1. The molecule has 9 nitrogen and oxygen atoms in total. The Balaban J connectivity index is 1.38. The van der Waals surface area contributed by atoms with E-state index in [1.165, 1.54) is 12.1 Å². The molecule has 1 saturated heterocycles. The summed E-state index contributed by atoms with van der Waals surface area (Å²) in [4.78, 5) is 14.1. The minimum absolute atomic E-state index is 0.0639. The maximum Gasteiger partial charge on any atom is 0.263 e. The van der Waals surface area contributed by atoms with E-state index in [-0.39, 0.29) is 22.4 Å². The standard InChI is InChI=1S/C20H20N4O5S2/c25-19(24-10-12-28-13-11-24)14-18-21-22-20(30-18)23-31(26,27)17-8-6-16(7-9-17)29-15-4-2-1-3-5-15/h1-9H,10-14H2,(H,22,23). The van der Waals surface area contributed by atoms with Gasteiger partial charge in [-0.15, -0.1) is 10.2 Å². The Kier molecular flexibility index (Phi) is 6.44. The molecule has 1 aliphatic heterocycles. The number of carbonyl (C=O) groups is 1. The van der Waals surface area contributed by atoms with Crippen LogP contribution in [0.15, 0.2) is 59.5 Å². The molecule has 2 heterocycles. The summed E-state index contributed by atoms with van der Waals surface area (Å²) in [5, 5.41) is 8.34. The largest absolute Gasteiger partial charge is 0.457 e. The van der Waals surface area contributed by atoms with Gasteiger partial charge in [0.2, 0.25) is 11.0 Å². The quantitative estimate of drug-likeness (QED) is 0.577. The monoisotopic (exact) mass is 460 g/mol. The smallest absolute Gasteiger partial charge is 0.263 e. The van der Waals surface area contributed by atoms with E-state index in [4.69, 9.17) is 9.47 Å². The lowest BCUT2D eigenvalue weighted by Gasteiger charge is -2.26. The molecule has 0 atom stereocenters. The number of sulfonamides is 1. The first kappa shape index (κ1) is 21.2. The molecule has 11 heteroatoms. The van der Waals surface area contributed by atoms with E-state index in [1.54, 1.807) is 17.0 Å². The Morgan fingerprint density at radius 3 is 2.42 bits per heavy atom. The van der Waals surface area contributed by atoms with Crippen LogP contribution in [-0.4, -0.2) is 55.7 Å². The van der Waals surface area contributed by atoms with E-state index >= 15 is 0 Å². The Hall–Kier alpha value is -3.02. The van der Waals surface area contributed by atoms with Gasteiger partial charge < -0.3 is 14.4 Å². The number of hydrogen-bond donors (Lipinski definition) is 1. The van der Waals surface area contributed by atoms with Crippen LogP contribution in [0.1, 0.15) is 5.01 Å². The molecule has 1 aromatic heterocycles. The van der Waals surface area contributed by atoms with Crippen LogP contribution in [0.4, 0.5) is 5.13 Å². The first-order chi connectivity index (χ1) is 15.0. The predicted octanol–water partition coefficient (Wildman–Crippen LogP) is 2.53. The van der Waals surface area contributed by atoms with Gasteiger partial charge in [-0.1, -0.05) is 29.5 Å². The highest BCUT2D eigenvalue weighted by Gasteiger charge is 2.21. The summed E-state index contributed by atoms with van der Waals surface area (Å²) in [5.41, 5.74) is 0. The van der Waals surface area contributed by atoms with Crippen molar-refractivity contribution >= 4 is 32.4 Å². The highest BCUT2D eigenvalue weighted by atomic mass is 32.2. The molecule has 2 aromatic carbocycles. The number of nitrogens with zero attached hydrogens (tertiary/aromatic N) is 3. The SMILES string of the molecule is O=C(Cc1nnc(NS(=O)(=O)c2ccc(Oc3ccccc3)cc2)s1)N1CCOCC1. The van der Waals surface area contributed by atoms with Crippen molar-refractivity contribution in [3.63, 3.8) is 0 Å². The van der Waals surface area contributed by atoms with Gasteiger partial charge in [0, 0.05) is 13.1 Å². The minimum atomic E-state index is -3.85. The zero-order valence-electron chi connectivity index (χ0n) is 16.4. The number of rotatable bonds is 7. The summed E-state index contributed by atoms with van der Waals surface area (Å²) in [6, 6.07) is 15.3. The number of hydrogen-bond acceptors (Lipinski definition) is 8. The van der Waals surface area contributed by atoms with Crippen molar-refractivity contribution < 1.29 is 22.7 Å². The van der Waals surface area contributed by atoms with Crippen LogP contribution in [0.5, 0.6) is 11.5 Å². The van der Waals surface area contributed by atoms with E-state index < -0.39 is 10.0 Å². The van der Waals surface area contributed by atoms with Crippen LogP contribution < -0.4 is 9.46 Å².